The maximum Gasteiger partial charge on any atom is 0.138 e. The van der Waals surface area contributed by atoms with Crippen LogP contribution in [0.1, 0.15) is 12.8 Å². The molecule has 7 nitrogen and oxygen atoms in total. The maximum absolute atomic E-state index is 14.6. The van der Waals surface area contributed by atoms with Gasteiger partial charge in [-0.25, -0.2) is 4.39 Å². The van der Waals surface area contributed by atoms with Crippen molar-refractivity contribution < 1.29 is 9.13 Å². The standard InChI is InChI=1S/C30H25FN6O/c31-25-4-2-1-3-22(25)29-24-15-28(35-26(24)9-12-34-29)30-23-14-18(5-6-27(23)36-37-30)19-13-21(17-33-16-19)38-20-7-10-32-11-8-20/h1-6,9,12-17,20,32,35H,7-8,10-11H2,(H,36,37). The fourth-order valence-corrected chi connectivity index (χ4v) is 5.20. The summed E-state index contributed by atoms with van der Waals surface area (Å²) in [5.41, 5.74) is 6.47. The first-order valence-electron chi connectivity index (χ1n) is 12.8. The second kappa shape index (κ2) is 9.39. The Labute approximate surface area is 218 Å². The first-order chi connectivity index (χ1) is 18.7. The fourth-order valence-electron chi connectivity index (χ4n) is 5.20. The number of fused-ring (bicyclic) bond motifs is 2. The largest absolute Gasteiger partial charge is 0.489 e. The van der Waals surface area contributed by atoms with Crippen LogP contribution in [-0.4, -0.2) is 44.3 Å². The predicted molar refractivity (Wildman–Crippen MR) is 146 cm³/mol. The summed E-state index contributed by atoms with van der Waals surface area (Å²) in [6.07, 6.45) is 7.52. The van der Waals surface area contributed by atoms with Gasteiger partial charge in [-0.3, -0.25) is 15.1 Å². The molecule has 4 aromatic heterocycles. The summed E-state index contributed by atoms with van der Waals surface area (Å²) in [6.45, 7) is 1.95. The topological polar surface area (TPSA) is 91.5 Å². The van der Waals surface area contributed by atoms with Gasteiger partial charge in [-0.1, -0.05) is 18.2 Å². The molecular formula is C30H25FN6O. The minimum atomic E-state index is -0.301. The highest BCUT2D eigenvalue weighted by Crippen LogP contribution is 2.35. The zero-order valence-electron chi connectivity index (χ0n) is 20.5. The normalized spacial score (nSPS) is 14.3. The Morgan fingerprint density at radius 2 is 1.71 bits per heavy atom. The van der Waals surface area contributed by atoms with Crippen LogP contribution in [0.4, 0.5) is 4.39 Å². The number of hydrogen-bond acceptors (Lipinski definition) is 5. The van der Waals surface area contributed by atoms with E-state index in [1.54, 1.807) is 24.5 Å². The van der Waals surface area contributed by atoms with Crippen molar-refractivity contribution in [3.05, 3.63) is 85.1 Å². The summed E-state index contributed by atoms with van der Waals surface area (Å²) in [7, 11) is 0. The number of H-pyrrole nitrogens is 2. The van der Waals surface area contributed by atoms with Crippen molar-refractivity contribution in [3.8, 4) is 39.5 Å². The van der Waals surface area contributed by atoms with Gasteiger partial charge in [0.25, 0.3) is 0 Å². The van der Waals surface area contributed by atoms with E-state index in [4.69, 9.17) is 4.74 Å². The summed E-state index contributed by atoms with van der Waals surface area (Å²) >= 11 is 0. The molecule has 0 unspecified atom stereocenters. The third-order valence-electron chi connectivity index (χ3n) is 7.13. The van der Waals surface area contributed by atoms with E-state index in [0.717, 1.165) is 76.0 Å². The minimum Gasteiger partial charge on any atom is -0.489 e. The van der Waals surface area contributed by atoms with Gasteiger partial charge in [-0.2, -0.15) is 5.10 Å². The van der Waals surface area contributed by atoms with Gasteiger partial charge in [0.2, 0.25) is 0 Å². The zero-order chi connectivity index (χ0) is 25.5. The van der Waals surface area contributed by atoms with E-state index >= 15 is 0 Å². The van der Waals surface area contributed by atoms with Crippen LogP contribution < -0.4 is 10.1 Å². The number of piperidine rings is 1. The Kier molecular flexibility index (Phi) is 5.59. The molecule has 0 saturated carbocycles. The molecule has 1 fully saturated rings. The van der Waals surface area contributed by atoms with Gasteiger partial charge in [0.15, 0.2) is 0 Å². The molecule has 188 valence electrons. The smallest absolute Gasteiger partial charge is 0.138 e. The van der Waals surface area contributed by atoms with Gasteiger partial charge in [0.05, 0.1) is 23.1 Å². The molecule has 0 bridgehead atoms. The zero-order valence-corrected chi connectivity index (χ0v) is 20.5. The number of rotatable bonds is 5. The summed E-state index contributed by atoms with van der Waals surface area (Å²) in [5, 5.41) is 12.9. The van der Waals surface area contributed by atoms with E-state index in [1.807, 2.05) is 36.5 Å². The van der Waals surface area contributed by atoms with Crippen LogP contribution in [0, 0.1) is 5.82 Å². The van der Waals surface area contributed by atoms with Crippen molar-refractivity contribution in [1.29, 1.82) is 0 Å². The molecular weight excluding hydrogens is 479 g/mol. The molecule has 0 radical (unpaired) electrons. The van der Waals surface area contributed by atoms with Crippen molar-refractivity contribution in [2.24, 2.45) is 0 Å². The van der Waals surface area contributed by atoms with Crippen molar-refractivity contribution in [2.45, 2.75) is 18.9 Å². The molecule has 0 spiro atoms. The van der Waals surface area contributed by atoms with Crippen LogP contribution in [0.25, 0.3) is 55.6 Å². The van der Waals surface area contributed by atoms with Crippen molar-refractivity contribution in [1.82, 2.24) is 30.5 Å². The first-order valence-corrected chi connectivity index (χ1v) is 12.8. The summed E-state index contributed by atoms with van der Waals surface area (Å²) < 4.78 is 20.8. The molecule has 2 aromatic carbocycles. The highest BCUT2D eigenvalue weighted by Gasteiger charge is 2.17. The first kappa shape index (κ1) is 22.6. The lowest BCUT2D eigenvalue weighted by Crippen LogP contribution is -2.34. The number of ether oxygens (including phenoxy) is 1. The molecule has 0 atom stereocenters. The van der Waals surface area contributed by atoms with E-state index in [9.17, 15) is 4.39 Å². The van der Waals surface area contributed by atoms with E-state index in [1.165, 1.54) is 6.07 Å². The van der Waals surface area contributed by atoms with Crippen LogP contribution in [0.3, 0.4) is 0 Å². The van der Waals surface area contributed by atoms with E-state index < -0.39 is 0 Å². The van der Waals surface area contributed by atoms with Crippen LogP contribution in [0.2, 0.25) is 0 Å². The van der Waals surface area contributed by atoms with Gasteiger partial charge in [0.1, 0.15) is 23.4 Å². The number of pyridine rings is 2. The van der Waals surface area contributed by atoms with Crippen molar-refractivity contribution in [3.63, 3.8) is 0 Å². The summed E-state index contributed by atoms with van der Waals surface area (Å²) in [4.78, 5) is 12.4. The maximum atomic E-state index is 14.6. The Bertz CT molecular complexity index is 1770. The second-order valence-corrected chi connectivity index (χ2v) is 9.59. The highest BCUT2D eigenvalue weighted by atomic mass is 19.1. The molecule has 7 rings (SSSR count). The lowest BCUT2D eigenvalue weighted by atomic mass is 10.0. The van der Waals surface area contributed by atoms with Gasteiger partial charge in [-0.05, 0) is 74.0 Å². The average molecular weight is 505 g/mol. The third-order valence-corrected chi connectivity index (χ3v) is 7.13. The average Bonchev–Trinajstić information content (AvgIpc) is 3.58. The number of halogens is 1. The fraction of sp³-hybridized carbons (Fsp3) is 0.167. The molecule has 0 aliphatic carbocycles. The van der Waals surface area contributed by atoms with Crippen LogP contribution in [-0.2, 0) is 0 Å². The predicted octanol–water partition coefficient (Wildman–Crippen LogP) is 6.11. The lowest BCUT2D eigenvalue weighted by Gasteiger charge is -2.23. The quantitative estimate of drug-likeness (QED) is 0.264. The molecule has 0 amide bonds. The number of aromatic amines is 2. The Hall–Kier alpha value is -4.56. The van der Waals surface area contributed by atoms with E-state index in [-0.39, 0.29) is 11.9 Å². The number of benzene rings is 2. The number of aromatic nitrogens is 5. The highest BCUT2D eigenvalue weighted by molar-refractivity contribution is 6.00. The lowest BCUT2D eigenvalue weighted by molar-refractivity contribution is 0.162. The molecule has 6 aromatic rings. The summed E-state index contributed by atoms with van der Waals surface area (Å²) in [5.74, 6) is 0.482. The number of nitrogens with one attached hydrogen (secondary N) is 3. The molecule has 8 heteroatoms. The number of nitrogens with zero attached hydrogens (tertiary/aromatic N) is 3. The molecule has 3 N–H and O–H groups in total. The second-order valence-electron chi connectivity index (χ2n) is 9.59. The molecule has 1 saturated heterocycles. The van der Waals surface area contributed by atoms with Crippen molar-refractivity contribution in [2.75, 3.05) is 13.1 Å². The summed E-state index contributed by atoms with van der Waals surface area (Å²) in [6, 6.07) is 18.8. The van der Waals surface area contributed by atoms with Crippen LogP contribution in [0.15, 0.2) is 79.3 Å². The Morgan fingerprint density at radius 3 is 2.61 bits per heavy atom. The molecule has 1 aliphatic heterocycles. The number of hydrogen-bond donors (Lipinski definition) is 3. The van der Waals surface area contributed by atoms with Gasteiger partial charge in [-0.15, -0.1) is 0 Å². The van der Waals surface area contributed by atoms with E-state index in [2.05, 4.69) is 42.6 Å². The third kappa shape index (κ3) is 4.09. The van der Waals surface area contributed by atoms with Crippen LogP contribution >= 0.6 is 0 Å². The van der Waals surface area contributed by atoms with Gasteiger partial charge < -0.3 is 15.0 Å². The molecule has 1 aliphatic rings. The van der Waals surface area contributed by atoms with Gasteiger partial charge in [0, 0.05) is 39.8 Å². The van der Waals surface area contributed by atoms with Gasteiger partial charge >= 0.3 is 0 Å². The molecule has 38 heavy (non-hydrogen) atoms. The van der Waals surface area contributed by atoms with Crippen molar-refractivity contribution >= 4 is 21.8 Å². The SMILES string of the molecule is Fc1ccccc1-c1nccc2[nH]c(-c3n[nH]c4ccc(-c5cncc(OC6CCNCC6)c5)cc34)cc12. The Balaban J connectivity index is 1.26. The Morgan fingerprint density at radius 1 is 0.842 bits per heavy atom. The van der Waals surface area contributed by atoms with E-state index in [0.29, 0.717) is 11.3 Å². The van der Waals surface area contributed by atoms with Crippen LogP contribution in [0.5, 0.6) is 5.75 Å². The molecule has 5 heterocycles. The minimum absolute atomic E-state index is 0.210. The monoisotopic (exact) mass is 504 g/mol.